The number of hydrogen-bond donors (Lipinski definition) is 1. The second-order valence-electron chi connectivity index (χ2n) is 33.2. The average molecular weight is 1440 g/mol. The number of fused-ring (bicyclic) bond motifs is 1. The first kappa shape index (κ1) is 103. The van der Waals surface area contributed by atoms with Gasteiger partial charge in [0.15, 0.2) is 6.61 Å². The van der Waals surface area contributed by atoms with Gasteiger partial charge in [0.1, 0.15) is 29.0 Å². The van der Waals surface area contributed by atoms with Crippen molar-refractivity contribution in [3.63, 3.8) is 0 Å². The maximum Gasteiger partial charge on any atom is 0.347 e. The van der Waals surface area contributed by atoms with E-state index in [2.05, 4.69) is 20.8 Å². The summed E-state index contributed by atoms with van der Waals surface area (Å²) < 4.78 is 43.6. The number of esters is 8. The van der Waals surface area contributed by atoms with E-state index < -0.39 is 45.9 Å². The Labute approximate surface area is 619 Å². The summed E-state index contributed by atoms with van der Waals surface area (Å²) in [6.07, 6.45) is 24.6. The Hall–Kier alpha value is -4.28. The van der Waals surface area contributed by atoms with E-state index in [0.29, 0.717) is 56.0 Å². The molecule has 2 aliphatic heterocycles. The lowest BCUT2D eigenvalue weighted by molar-refractivity contribution is -0.225. The van der Waals surface area contributed by atoms with E-state index in [1.165, 1.54) is 57.8 Å². The van der Waals surface area contributed by atoms with Gasteiger partial charge in [0.25, 0.3) is 0 Å². The van der Waals surface area contributed by atoms with Crippen molar-refractivity contribution in [2.24, 2.45) is 80.3 Å². The van der Waals surface area contributed by atoms with E-state index in [0.717, 1.165) is 95.3 Å². The standard InChI is InChI=1S/C18H30O2.C16H22O6.C16H26O3.C14H26O2.C10H16O4.10CH4/c1-5-17(3,4)16(19)20-18(6-2)14-8-12-7-13(10-14)11-15(18)9-12;1-4-16(2,3)15(19)20-7-11(17)21-12-8-5-9-10(6-8)14(18)22-13(9)12;1-4-14(2,3)13(17)19-16-8-11-5-12(9-16)7-15(18,6-11)10-16;1-5-13(3,4)12(15)16-14(6-2)10-8-7-9-11-14;1-4-10(2,3)9(12)14-7-5-6-13-8(7)11;;;;;;;;;;/h12-15H,5-11H2,1-4H3;8-10,12-13H,4-7H2,1-3H3;11-12,18H,4-10H2,1-3H3;5-11H2,1-4H3;7H,4-6H2,1-3H3;10*1H4. The third-order valence-electron chi connectivity index (χ3n) is 24.7. The smallest absolute Gasteiger partial charge is 0.347 e. The molecule has 2 saturated heterocycles. The molecule has 0 aromatic heterocycles. The zero-order valence-corrected chi connectivity index (χ0v) is 59.2. The fourth-order valence-electron chi connectivity index (χ4n) is 16.9. The summed E-state index contributed by atoms with van der Waals surface area (Å²) in [5.74, 6) is 2.67. The molecule has 17 nitrogen and oxygen atoms in total. The molecule has 8 unspecified atom stereocenters. The minimum atomic E-state index is -0.687. The highest BCUT2D eigenvalue weighted by molar-refractivity contribution is 5.83. The second kappa shape index (κ2) is 40.4. The molecule has 10 bridgehead atoms. The minimum absolute atomic E-state index is 0. The topological polar surface area (TPSA) is 231 Å². The summed E-state index contributed by atoms with van der Waals surface area (Å²) in [4.78, 5) is 95.1. The van der Waals surface area contributed by atoms with E-state index in [1.54, 1.807) is 27.7 Å². The second-order valence-corrected chi connectivity index (χ2v) is 33.2. The van der Waals surface area contributed by atoms with Gasteiger partial charge >= 0.3 is 47.8 Å². The summed E-state index contributed by atoms with van der Waals surface area (Å²) in [5.41, 5.74) is -3.41. The highest BCUT2D eigenvalue weighted by Gasteiger charge is 2.64. The first-order valence-electron chi connectivity index (χ1n) is 35.8. The van der Waals surface area contributed by atoms with Crippen LogP contribution in [-0.4, -0.2) is 107 Å². The van der Waals surface area contributed by atoms with Crippen molar-refractivity contribution in [2.45, 2.75) is 400 Å². The van der Waals surface area contributed by atoms with Crippen molar-refractivity contribution in [2.75, 3.05) is 13.2 Å². The zero-order chi connectivity index (χ0) is 67.5. The Morgan fingerprint density at radius 1 is 0.485 bits per heavy atom. The van der Waals surface area contributed by atoms with Crippen LogP contribution in [0.25, 0.3) is 0 Å². The third-order valence-corrected chi connectivity index (χ3v) is 24.7. The van der Waals surface area contributed by atoms with Gasteiger partial charge in [-0.05, 0) is 252 Å². The summed E-state index contributed by atoms with van der Waals surface area (Å²) in [6.45, 7) is 33.3. The molecule has 0 amide bonds. The van der Waals surface area contributed by atoms with E-state index in [4.69, 9.17) is 37.9 Å². The quantitative estimate of drug-likeness (QED) is 0.0936. The van der Waals surface area contributed by atoms with Crippen LogP contribution in [0, 0.1) is 80.3 Å². The zero-order valence-electron chi connectivity index (χ0n) is 59.2. The number of ether oxygens (including phenoxy) is 8. The monoisotopic (exact) mass is 1440 g/mol. The maximum absolute atomic E-state index is 12.6. The van der Waals surface area contributed by atoms with Crippen molar-refractivity contribution < 1.29 is 81.4 Å². The van der Waals surface area contributed by atoms with Gasteiger partial charge in [0, 0.05) is 24.7 Å². The Kier molecular flexibility index (Phi) is 41.3. The molecular weight excluding hydrogens is 1280 g/mol. The van der Waals surface area contributed by atoms with Gasteiger partial charge in [-0.2, -0.15) is 0 Å². The lowest BCUT2D eigenvalue weighted by Crippen LogP contribution is -2.61. The Bertz CT molecular complexity index is 2550. The van der Waals surface area contributed by atoms with E-state index in [1.807, 2.05) is 69.2 Å². The van der Waals surface area contributed by atoms with Gasteiger partial charge in [0.05, 0.1) is 45.2 Å². The molecule has 0 aromatic carbocycles. The van der Waals surface area contributed by atoms with Crippen LogP contribution >= 0.6 is 0 Å². The normalized spacial score (nSPS) is 30.8. The molecule has 0 aromatic rings. The average Bonchev–Trinajstić information content (AvgIpc) is 1.67. The fraction of sp³-hybridized carbons (Fsp3) is 0.905. The van der Waals surface area contributed by atoms with Gasteiger partial charge < -0.3 is 43.0 Å². The number of hydrogen-bond acceptors (Lipinski definition) is 17. The Morgan fingerprint density at radius 2 is 0.921 bits per heavy atom. The molecule has 0 radical (unpaired) electrons. The number of aliphatic hydroxyl groups is 1. The molecule has 2 heterocycles. The molecule has 8 atom stereocenters. The molecule has 17 heteroatoms. The van der Waals surface area contributed by atoms with Crippen LogP contribution in [0.1, 0.15) is 359 Å². The van der Waals surface area contributed by atoms with Crippen molar-refractivity contribution in [1.82, 2.24) is 0 Å². The minimum Gasteiger partial charge on any atom is -0.463 e. The van der Waals surface area contributed by atoms with Gasteiger partial charge in [0.2, 0.25) is 6.10 Å². The van der Waals surface area contributed by atoms with Gasteiger partial charge in [-0.1, -0.05) is 129 Å². The summed E-state index contributed by atoms with van der Waals surface area (Å²) in [5, 5.41) is 10.6. The lowest BCUT2D eigenvalue weighted by Gasteiger charge is -2.60. The van der Waals surface area contributed by atoms with Crippen molar-refractivity contribution in [3.05, 3.63) is 0 Å². The van der Waals surface area contributed by atoms with Crippen LogP contribution in [0.3, 0.4) is 0 Å². The van der Waals surface area contributed by atoms with E-state index in [-0.39, 0.29) is 168 Å². The van der Waals surface area contributed by atoms with Gasteiger partial charge in [-0.25, -0.2) is 9.59 Å². The van der Waals surface area contributed by atoms with Crippen LogP contribution < -0.4 is 0 Å². The van der Waals surface area contributed by atoms with Gasteiger partial charge in [-0.3, -0.25) is 28.8 Å². The van der Waals surface area contributed by atoms with Crippen LogP contribution in [0.4, 0.5) is 0 Å². The molecule has 0 spiro atoms. The summed E-state index contributed by atoms with van der Waals surface area (Å²) in [6, 6.07) is 0. The molecule has 13 aliphatic rings. The summed E-state index contributed by atoms with van der Waals surface area (Å²) in [7, 11) is 0. The first-order chi connectivity index (χ1) is 42.4. The number of carbonyl (C=O) groups excluding carboxylic acids is 8. The maximum atomic E-state index is 12.6. The molecule has 13 fully saturated rings. The number of carbonyl (C=O) groups is 8. The van der Waals surface area contributed by atoms with Crippen molar-refractivity contribution in [3.8, 4) is 0 Å². The first-order valence-corrected chi connectivity index (χ1v) is 35.8. The largest absolute Gasteiger partial charge is 0.463 e. The van der Waals surface area contributed by atoms with Crippen molar-refractivity contribution in [1.29, 1.82) is 0 Å². The molecule has 1 N–H and O–H groups in total. The third kappa shape index (κ3) is 23.6. The van der Waals surface area contributed by atoms with Crippen LogP contribution in [0.15, 0.2) is 0 Å². The molecule has 101 heavy (non-hydrogen) atoms. The number of rotatable bonds is 19. The van der Waals surface area contributed by atoms with Crippen LogP contribution in [0.5, 0.6) is 0 Å². The molecule has 11 aliphatic carbocycles. The molecular formula is C84H160O17. The predicted molar refractivity (Wildman–Crippen MR) is 410 cm³/mol. The lowest BCUT2D eigenvalue weighted by atomic mass is 9.49. The van der Waals surface area contributed by atoms with Crippen LogP contribution in [-0.2, 0) is 76.3 Å². The molecule has 11 saturated carbocycles. The number of cyclic esters (lactones) is 1. The SMILES string of the molecule is C.C.C.C.C.C.C.C.C.C.CCC(C)(C)C(=O)OC1(CC)C2CC3CC(C2)CC1C3.CCC(C)(C)C(=O)OC12CC3CC(CC(O)(C3)C1)C2.CCC(C)(C)C(=O)OC1CCOC1=O.CCC(C)(C)C(=O)OCC(=O)OC1C2CC3C(=O)OC1C3C2.CCC1(OC(=O)C(C)(C)CC)CCCCC1. The van der Waals surface area contributed by atoms with Gasteiger partial charge in [-0.15, -0.1) is 0 Å². The molecule has 13 rings (SSSR count). The highest BCUT2D eigenvalue weighted by Crippen LogP contribution is 2.62. The molecule has 598 valence electrons. The van der Waals surface area contributed by atoms with E-state index in [9.17, 15) is 43.5 Å². The fourth-order valence-corrected chi connectivity index (χ4v) is 16.9. The highest BCUT2D eigenvalue weighted by atomic mass is 16.6. The van der Waals surface area contributed by atoms with E-state index >= 15 is 0 Å². The summed E-state index contributed by atoms with van der Waals surface area (Å²) >= 11 is 0. The predicted octanol–water partition coefficient (Wildman–Crippen LogP) is 20.8. The Morgan fingerprint density at radius 3 is 1.35 bits per heavy atom. The Balaban J connectivity index is -0.000000573. The van der Waals surface area contributed by atoms with Crippen LogP contribution in [0.2, 0.25) is 0 Å². The van der Waals surface area contributed by atoms with Crippen molar-refractivity contribution >= 4 is 47.8 Å².